The summed E-state index contributed by atoms with van der Waals surface area (Å²) in [6.07, 6.45) is 0. The van der Waals surface area contributed by atoms with Gasteiger partial charge in [0.15, 0.2) is 10.9 Å². The third-order valence-electron chi connectivity index (χ3n) is 3.41. The Hall–Kier alpha value is -3.05. The number of hydrogen-bond acceptors (Lipinski definition) is 6. The van der Waals surface area contributed by atoms with Gasteiger partial charge in [0.2, 0.25) is 0 Å². The summed E-state index contributed by atoms with van der Waals surface area (Å²) in [4.78, 5) is 33.9. The van der Waals surface area contributed by atoms with Crippen LogP contribution in [-0.4, -0.2) is 33.6 Å². The Balaban J connectivity index is 2.16. The van der Waals surface area contributed by atoms with Crippen molar-refractivity contribution >= 4 is 56.5 Å². The van der Waals surface area contributed by atoms with Gasteiger partial charge < -0.3 is 15.2 Å². The van der Waals surface area contributed by atoms with E-state index in [0.717, 1.165) is 6.07 Å². The number of anilines is 1. The van der Waals surface area contributed by atoms with Gasteiger partial charge in [0.1, 0.15) is 0 Å². The van der Waals surface area contributed by atoms with Crippen molar-refractivity contribution in [2.45, 2.75) is 6.92 Å². The molecule has 0 heterocycles. The SMILES string of the molecule is CCOc1ccc(C(=O)NC(=S)Nc2cc(C(=O)O)ccc2Br)cc1[N+](=O)[O-]. The zero-order valence-corrected chi connectivity index (χ0v) is 16.8. The lowest BCUT2D eigenvalue weighted by atomic mass is 10.1. The van der Waals surface area contributed by atoms with Crippen molar-refractivity contribution in [3.8, 4) is 5.75 Å². The van der Waals surface area contributed by atoms with Gasteiger partial charge in [0.05, 0.1) is 22.8 Å². The van der Waals surface area contributed by atoms with Gasteiger partial charge in [-0.3, -0.25) is 20.2 Å². The second kappa shape index (κ2) is 9.24. The minimum Gasteiger partial charge on any atom is -0.487 e. The number of carboxylic acid groups (broad SMARTS) is 1. The molecular formula is C17H14BrN3O6S. The van der Waals surface area contributed by atoms with E-state index in [0.29, 0.717) is 10.2 Å². The first-order valence-corrected chi connectivity index (χ1v) is 8.99. The summed E-state index contributed by atoms with van der Waals surface area (Å²) in [5.74, 6) is -1.74. The van der Waals surface area contributed by atoms with Crippen LogP contribution in [0.15, 0.2) is 40.9 Å². The fourth-order valence-corrected chi connectivity index (χ4v) is 2.71. The zero-order chi connectivity index (χ0) is 20.8. The van der Waals surface area contributed by atoms with Crippen LogP contribution in [0.1, 0.15) is 27.6 Å². The Labute approximate surface area is 173 Å². The van der Waals surface area contributed by atoms with E-state index in [-0.39, 0.29) is 34.3 Å². The van der Waals surface area contributed by atoms with Crippen LogP contribution in [0.3, 0.4) is 0 Å². The van der Waals surface area contributed by atoms with E-state index in [1.165, 1.54) is 30.3 Å². The molecule has 0 aliphatic rings. The van der Waals surface area contributed by atoms with Gasteiger partial charge in [-0.1, -0.05) is 0 Å². The van der Waals surface area contributed by atoms with Crippen molar-refractivity contribution in [3.63, 3.8) is 0 Å². The normalized spacial score (nSPS) is 10.1. The highest BCUT2D eigenvalue weighted by atomic mass is 79.9. The number of rotatable bonds is 6. The number of benzene rings is 2. The monoisotopic (exact) mass is 467 g/mol. The average molecular weight is 468 g/mol. The minimum absolute atomic E-state index is 0.0117. The molecule has 0 saturated heterocycles. The van der Waals surface area contributed by atoms with Crippen molar-refractivity contribution in [1.29, 1.82) is 0 Å². The Kier molecular flexibility index (Phi) is 7.01. The Morgan fingerprint density at radius 3 is 2.54 bits per heavy atom. The molecular weight excluding hydrogens is 454 g/mol. The molecule has 0 aromatic heterocycles. The summed E-state index contributed by atoms with van der Waals surface area (Å²) in [5, 5.41) is 25.2. The summed E-state index contributed by atoms with van der Waals surface area (Å²) in [6.45, 7) is 1.93. The number of ether oxygens (including phenoxy) is 1. The van der Waals surface area contributed by atoms with Gasteiger partial charge in [0, 0.05) is 16.1 Å². The fourth-order valence-electron chi connectivity index (χ4n) is 2.16. The molecule has 2 aromatic carbocycles. The molecule has 2 aromatic rings. The van der Waals surface area contributed by atoms with Crippen LogP contribution in [0.5, 0.6) is 5.75 Å². The van der Waals surface area contributed by atoms with Gasteiger partial charge in [-0.15, -0.1) is 0 Å². The van der Waals surface area contributed by atoms with Crippen molar-refractivity contribution in [1.82, 2.24) is 5.32 Å². The van der Waals surface area contributed by atoms with Crippen LogP contribution < -0.4 is 15.4 Å². The smallest absolute Gasteiger partial charge is 0.335 e. The second-order valence-electron chi connectivity index (χ2n) is 5.28. The highest BCUT2D eigenvalue weighted by Crippen LogP contribution is 2.28. The first-order valence-electron chi connectivity index (χ1n) is 7.79. The molecule has 3 N–H and O–H groups in total. The third kappa shape index (κ3) is 5.24. The minimum atomic E-state index is -1.12. The van der Waals surface area contributed by atoms with Crippen molar-refractivity contribution in [2.24, 2.45) is 0 Å². The fraction of sp³-hybridized carbons (Fsp3) is 0.118. The second-order valence-corrected chi connectivity index (χ2v) is 6.54. The number of aromatic carboxylic acids is 1. The number of nitrogens with one attached hydrogen (secondary N) is 2. The molecule has 28 heavy (non-hydrogen) atoms. The molecule has 0 aliphatic heterocycles. The molecule has 0 spiro atoms. The summed E-state index contributed by atoms with van der Waals surface area (Å²) < 4.78 is 5.71. The number of nitrogens with zero attached hydrogens (tertiary/aromatic N) is 1. The van der Waals surface area contributed by atoms with Gasteiger partial charge in [-0.2, -0.15) is 0 Å². The maximum absolute atomic E-state index is 12.3. The molecule has 0 saturated carbocycles. The zero-order valence-electron chi connectivity index (χ0n) is 14.4. The molecule has 9 nitrogen and oxygen atoms in total. The largest absolute Gasteiger partial charge is 0.487 e. The van der Waals surface area contributed by atoms with E-state index in [9.17, 15) is 19.7 Å². The number of carbonyl (C=O) groups is 2. The lowest BCUT2D eigenvalue weighted by Gasteiger charge is -2.12. The van der Waals surface area contributed by atoms with Crippen LogP contribution >= 0.6 is 28.1 Å². The first kappa shape index (κ1) is 21.3. The van der Waals surface area contributed by atoms with Crippen LogP contribution in [0, 0.1) is 10.1 Å². The van der Waals surface area contributed by atoms with Crippen molar-refractivity contribution in [3.05, 3.63) is 62.1 Å². The van der Waals surface area contributed by atoms with Gasteiger partial charge in [-0.25, -0.2) is 4.79 Å². The van der Waals surface area contributed by atoms with Crippen LogP contribution in [-0.2, 0) is 0 Å². The topological polar surface area (TPSA) is 131 Å². The Morgan fingerprint density at radius 2 is 1.93 bits per heavy atom. The van der Waals surface area contributed by atoms with E-state index in [4.69, 9.17) is 22.1 Å². The number of carboxylic acids is 1. The average Bonchev–Trinajstić information content (AvgIpc) is 2.63. The quantitative estimate of drug-likeness (QED) is 0.333. The van der Waals surface area contributed by atoms with Crippen molar-refractivity contribution < 1.29 is 24.4 Å². The van der Waals surface area contributed by atoms with Gasteiger partial charge in [0.25, 0.3) is 5.91 Å². The summed E-state index contributed by atoms with van der Waals surface area (Å²) in [7, 11) is 0. The molecule has 146 valence electrons. The molecule has 0 aliphatic carbocycles. The van der Waals surface area contributed by atoms with Crippen molar-refractivity contribution in [2.75, 3.05) is 11.9 Å². The van der Waals surface area contributed by atoms with E-state index in [1.807, 2.05) is 0 Å². The van der Waals surface area contributed by atoms with Crippen LogP contribution in [0.4, 0.5) is 11.4 Å². The standard InChI is InChI=1S/C17H14BrN3O6S/c1-2-27-14-6-4-9(8-13(14)21(25)26)15(22)20-17(28)19-12-7-10(16(23)24)3-5-11(12)18/h3-8H,2H2,1H3,(H,23,24)(H2,19,20,22,28). The first-order chi connectivity index (χ1) is 13.2. The molecule has 2 rings (SSSR count). The molecule has 0 atom stereocenters. The number of hydrogen-bond donors (Lipinski definition) is 3. The third-order valence-corrected chi connectivity index (χ3v) is 4.30. The molecule has 0 unspecified atom stereocenters. The Bertz CT molecular complexity index is 966. The predicted molar refractivity (Wildman–Crippen MR) is 109 cm³/mol. The highest BCUT2D eigenvalue weighted by Gasteiger charge is 2.19. The lowest BCUT2D eigenvalue weighted by Crippen LogP contribution is -2.34. The summed E-state index contributed by atoms with van der Waals surface area (Å²) in [5.41, 5.74) is 0.0350. The summed E-state index contributed by atoms with van der Waals surface area (Å²) in [6, 6.07) is 8.05. The molecule has 11 heteroatoms. The van der Waals surface area contributed by atoms with Crippen LogP contribution in [0.25, 0.3) is 0 Å². The van der Waals surface area contributed by atoms with E-state index >= 15 is 0 Å². The predicted octanol–water partition coefficient (Wildman–Crippen LogP) is 3.58. The molecule has 0 radical (unpaired) electrons. The number of nitro groups is 1. The number of thiocarbonyl (C=S) groups is 1. The van der Waals surface area contributed by atoms with Gasteiger partial charge in [-0.05, 0) is 65.4 Å². The number of nitro benzene ring substituents is 1. The number of halogens is 1. The molecule has 1 amide bonds. The van der Waals surface area contributed by atoms with E-state index in [2.05, 4.69) is 26.6 Å². The number of carbonyl (C=O) groups excluding carboxylic acids is 1. The maximum Gasteiger partial charge on any atom is 0.335 e. The van der Waals surface area contributed by atoms with E-state index < -0.39 is 16.8 Å². The molecule has 0 bridgehead atoms. The molecule has 0 fully saturated rings. The van der Waals surface area contributed by atoms with Crippen LogP contribution in [0.2, 0.25) is 0 Å². The van der Waals surface area contributed by atoms with E-state index in [1.54, 1.807) is 6.92 Å². The lowest BCUT2D eigenvalue weighted by molar-refractivity contribution is -0.385. The van der Waals surface area contributed by atoms with Gasteiger partial charge >= 0.3 is 11.7 Å². The Morgan fingerprint density at radius 1 is 1.25 bits per heavy atom. The summed E-state index contributed by atoms with van der Waals surface area (Å²) >= 11 is 8.31. The highest BCUT2D eigenvalue weighted by molar-refractivity contribution is 9.10. The maximum atomic E-state index is 12.3. The number of amides is 1.